The third-order valence-corrected chi connectivity index (χ3v) is 3.85. The number of hydrogen-bond donors (Lipinski definition) is 0. The molecule has 0 amide bonds. The number of rotatable bonds is 4. The van der Waals surface area contributed by atoms with Crippen molar-refractivity contribution in [3.8, 4) is 0 Å². The molecule has 0 aliphatic rings. The van der Waals surface area contributed by atoms with E-state index in [2.05, 4.69) is 38.8 Å². The normalized spacial score (nSPS) is 12.0. The van der Waals surface area contributed by atoms with E-state index in [9.17, 15) is 0 Å². The van der Waals surface area contributed by atoms with Crippen LogP contribution in [0.15, 0.2) is 0 Å². The SMILES string of the molecule is COCC(C)(CBr)CBr. The molecule has 0 saturated carbocycles. The summed E-state index contributed by atoms with van der Waals surface area (Å²) in [5, 5.41) is 1.94. The number of alkyl halides is 2. The summed E-state index contributed by atoms with van der Waals surface area (Å²) in [6.07, 6.45) is 0. The Morgan fingerprint density at radius 3 is 1.89 bits per heavy atom. The molecular formula is C6H12Br2O. The largest absolute Gasteiger partial charge is 0.384 e. The average Bonchev–Trinajstić information content (AvgIpc) is 1.89. The van der Waals surface area contributed by atoms with E-state index >= 15 is 0 Å². The molecule has 0 atom stereocenters. The van der Waals surface area contributed by atoms with Crippen LogP contribution in [-0.2, 0) is 4.74 Å². The second-order valence-corrected chi connectivity index (χ2v) is 3.63. The third kappa shape index (κ3) is 3.58. The summed E-state index contributed by atoms with van der Waals surface area (Å²) < 4.78 is 5.03. The van der Waals surface area contributed by atoms with Gasteiger partial charge in [0.15, 0.2) is 0 Å². The van der Waals surface area contributed by atoms with Gasteiger partial charge in [0.2, 0.25) is 0 Å². The zero-order chi connectivity index (χ0) is 7.33. The van der Waals surface area contributed by atoms with E-state index in [1.54, 1.807) is 7.11 Å². The van der Waals surface area contributed by atoms with Gasteiger partial charge in [-0.25, -0.2) is 0 Å². The Kier molecular flexibility index (Phi) is 5.17. The van der Waals surface area contributed by atoms with Gasteiger partial charge in [0.1, 0.15) is 0 Å². The molecule has 0 unspecified atom stereocenters. The highest BCUT2D eigenvalue weighted by Gasteiger charge is 2.20. The number of hydrogen-bond acceptors (Lipinski definition) is 1. The Hall–Kier alpha value is 0.920. The van der Waals surface area contributed by atoms with E-state index in [1.807, 2.05) is 0 Å². The van der Waals surface area contributed by atoms with Gasteiger partial charge in [0.05, 0.1) is 6.61 Å². The predicted molar refractivity (Wildman–Crippen MR) is 47.6 cm³/mol. The molecule has 0 heterocycles. The van der Waals surface area contributed by atoms with Crippen LogP contribution in [0, 0.1) is 5.41 Å². The van der Waals surface area contributed by atoms with Gasteiger partial charge < -0.3 is 4.74 Å². The number of methoxy groups -OCH3 is 1. The molecule has 0 N–H and O–H groups in total. The molecule has 1 nitrogen and oxygen atoms in total. The highest BCUT2D eigenvalue weighted by atomic mass is 79.9. The van der Waals surface area contributed by atoms with Gasteiger partial charge in [0, 0.05) is 23.2 Å². The lowest BCUT2D eigenvalue weighted by atomic mass is 9.98. The summed E-state index contributed by atoms with van der Waals surface area (Å²) in [7, 11) is 1.73. The molecule has 0 aliphatic heterocycles. The van der Waals surface area contributed by atoms with Gasteiger partial charge in [-0.1, -0.05) is 38.8 Å². The van der Waals surface area contributed by atoms with E-state index in [4.69, 9.17) is 4.74 Å². The fourth-order valence-corrected chi connectivity index (χ4v) is 1.71. The van der Waals surface area contributed by atoms with E-state index < -0.39 is 0 Å². The fourth-order valence-electron chi connectivity index (χ4n) is 0.461. The molecule has 0 aromatic carbocycles. The van der Waals surface area contributed by atoms with Crippen LogP contribution in [0.2, 0.25) is 0 Å². The first kappa shape index (κ1) is 9.92. The Bertz CT molecular complexity index is 71.5. The molecule has 0 saturated heterocycles. The van der Waals surface area contributed by atoms with Crippen LogP contribution >= 0.6 is 31.9 Å². The summed E-state index contributed by atoms with van der Waals surface area (Å²) in [6, 6.07) is 0. The van der Waals surface area contributed by atoms with Crippen molar-refractivity contribution in [1.82, 2.24) is 0 Å². The van der Waals surface area contributed by atoms with Crippen molar-refractivity contribution in [2.24, 2.45) is 5.41 Å². The lowest BCUT2D eigenvalue weighted by Crippen LogP contribution is -2.25. The van der Waals surface area contributed by atoms with E-state index in [0.717, 1.165) is 17.3 Å². The summed E-state index contributed by atoms with van der Waals surface area (Å²) >= 11 is 6.85. The van der Waals surface area contributed by atoms with Crippen LogP contribution in [-0.4, -0.2) is 24.4 Å². The van der Waals surface area contributed by atoms with Crippen LogP contribution in [0.3, 0.4) is 0 Å². The standard InChI is InChI=1S/C6H12Br2O/c1-6(3-7,4-8)5-9-2/h3-5H2,1-2H3. The average molecular weight is 260 g/mol. The Morgan fingerprint density at radius 2 is 1.78 bits per heavy atom. The second kappa shape index (κ2) is 4.69. The van der Waals surface area contributed by atoms with E-state index in [0.29, 0.717) is 0 Å². The monoisotopic (exact) mass is 258 g/mol. The first-order valence-corrected chi connectivity index (χ1v) is 5.04. The maximum atomic E-state index is 5.03. The van der Waals surface area contributed by atoms with Crippen LogP contribution in [0.5, 0.6) is 0 Å². The molecule has 0 radical (unpaired) electrons. The Balaban J connectivity index is 3.62. The predicted octanol–water partition coefficient (Wildman–Crippen LogP) is 2.43. The zero-order valence-corrected chi connectivity index (χ0v) is 8.96. The topological polar surface area (TPSA) is 9.23 Å². The number of ether oxygens (including phenoxy) is 1. The summed E-state index contributed by atoms with van der Waals surface area (Å²) in [4.78, 5) is 0. The molecule has 0 aromatic heterocycles. The van der Waals surface area contributed by atoms with Gasteiger partial charge in [-0.15, -0.1) is 0 Å². The van der Waals surface area contributed by atoms with E-state index in [1.165, 1.54) is 0 Å². The molecule has 3 heteroatoms. The van der Waals surface area contributed by atoms with E-state index in [-0.39, 0.29) is 5.41 Å². The maximum Gasteiger partial charge on any atom is 0.0532 e. The molecule has 0 bridgehead atoms. The molecule has 56 valence electrons. The minimum Gasteiger partial charge on any atom is -0.384 e. The second-order valence-electron chi connectivity index (χ2n) is 2.51. The molecule has 0 aromatic rings. The van der Waals surface area contributed by atoms with Crippen molar-refractivity contribution in [2.45, 2.75) is 6.92 Å². The molecule has 0 rings (SSSR count). The van der Waals surface area contributed by atoms with Crippen LogP contribution < -0.4 is 0 Å². The molecule has 9 heavy (non-hydrogen) atoms. The Labute approximate surface area is 73.4 Å². The van der Waals surface area contributed by atoms with Crippen LogP contribution in [0.1, 0.15) is 6.92 Å². The molecular weight excluding hydrogens is 248 g/mol. The quantitative estimate of drug-likeness (QED) is 0.705. The van der Waals surface area contributed by atoms with Crippen molar-refractivity contribution in [2.75, 3.05) is 24.4 Å². The third-order valence-electron chi connectivity index (χ3n) is 1.14. The highest BCUT2D eigenvalue weighted by Crippen LogP contribution is 2.21. The van der Waals surface area contributed by atoms with Crippen molar-refractivity contribution >= 4 is 31.9 Å². The summed E-state index contributed by atoms with van der Waals surface area (Å²) in [5.41, 5.74) is 0.245. The summed E-state index contributed by atoms with van der Waals surface area (Å²) in [6.45, 7) is 2.96. The summed E-state index contributed by atoms with van der Waals surface area (Å²) in [5.74, 6) is 0. The van der Waals surface area contributed by atoms with Crippen LogP contribution in [0.4, 0.5) is 0 Å². The van der Waals surface area contributed by atoms with Gasteiger partial charge in [-0.3, -0.25) is 0 Å². The molecule has 0 aliphatic carbocycles. The van der Waals surface area contributed by atoms with Crippen molar-refractivity contribution < 1.29 is 4.74 Å². The zero-order valence-electron chi connectivity index (χ0n) is 5.79. The first-order valence-electron chi connectivity index (χ1n) is 2.79. The lowest BCUT2D eigenvalue weighted by molar-refractivity contribution is 0.123. The van der Waals surface area contributed by atoms with Crippen molar-refractivity contribution in [1.29, 1.82) is 0 Å². The maximum absolute atomic E-state index is 5.03. The first-order chi connectivity index (χ1) is 4.18. The minimum absolute atomic E-state index is 0.245. The van der Waals surface area contributed by atoms with Crippen molar-refractivity contribution in [3.05, 3.63) is 0 Å². The van der Waals surface area contributed by atoms with Gasteiger partial charge >= 0.3 is 0 Å². The highest BCUT2D eigenvalue weighted by molar-refractivity contribution is 9.09. The van der Waals surface area contributed by atoms with Crippen molar-refractivity contribution in [3.63, 3.8) is 0 Å². The smallest absolute Gasteiger partial charge is 0.0532 e. The van der Waals surface area contributed by atoms with Gasteiger partial charge in [0.25, 0.3) is 0 Å². The Morgan fingerprint density at radius 1 is 1.33 bits per heavy atom. The minimum atomic E-state index is 0.245. The van der Waals surface area contributed by atoms with Gasteiger partial charge in [-0.2, -0.15) is 0 Å². The molecule has 0 fully saturated rings. The van der Waals surface area contributed by atoms with Gasteiger partial charge in [-0.05, 0) is 0 Å². The molecule has 0 spiro atoms. The number of halogens is 2. The van der Waals surface area contributed by atoms with Crippen LogP contribution in [0.25, 0.3) is 0 Å². The fraction of sp³-hybridized carbons (Fsp3) is 1.00. The lowest BCUT2D eigenvalue weighted by Gasteiger charge is -2.22.